The van der Waals surface area contributed by atoms with Crippen LogP contribution in [0.5, 0.6) is 0 Å². The summed E-state index contributed by atoms with van der Waals surface area (Å²) in [5.74, 6) is 1.83. The van der Waals surface area contributed by atoms with Gasteiger partial charge in [0.25, 0.3) is 0 Å². The molecule has 3 heterocycles. The summed E-state index contributed by atoms with van der Waals surface area (Å²) in [6.07, 6.45) is 0. The van der Waals surface area contributed by atoms with Gasteiger partial charge in [0.1, 0.15) is 11.2 Å². The van der Waals surface area contributed by atoms with Crippen LogP contribution in [0.1, 0.15) is 0 Å². The van der Waals surface area contributed by atoms with Gasteiger partial charge in [-0.3, -0.25) is 4.57 Å². The lowest BCUT2D eigenvalue weighted by atomic mass is 10.0. The lowest BCUT2D eigenvalue weighted by Gasteiger charge is -2.12. The standard InChI is InChI=1S/C43H26N4O/c1-2-11-29(12-3-1)41-44-42(30-20-18-27(19-21-30)31-23-24-35-34-15-7-9-17-38(34)48-39(35)26-31)46-43(45-41)47-37-16-8-6-14-33(37)36-25-22-28-10-4-5-13-32(28)40(36)47/h1-26H. The molecule has 48 heavy (non-hydrogen) atoms. The van der Waals surface area contributed by atoms with Crippen LogP contribution in [0.2, 0.25) is 0 Å². The maximum absolute atomic E-state index is 6.17. The highest BCUT2D eigenvalue weighted by atomic mass is 16.3. The minimum absolute atomic E-state index is 0.584. The predicted molar refractivity (Wildman–Crippen MR) is 195 cm³/mol. The van der Waals surface area contributed by atoms with Crippen LogP contribution in [0.3, 0.4) is 0 Å². The van der Waals surface area contributed by atoms with Crippen molar-refractivity contribution in [2.24, 2.45) is 0 Å². The molecule has 0 aliphatic heterocycles. The number of furan rings is 1. The predicted octanol–water partition coefficient (Wildman–Crippen LogP) is 11.0. The molecule has 0 bridgehead atoms. The third kappa shape index (κ3) is 4.15. The zero-order valence-corrected chi connectivity index (χ0v) is 25.7. The quantitative estimate of drug-likeness (QED) is 0.198. The van der Waals surface area contributed by atoms with Gasteiger partial charge < -0.3 is 4.42 Å². The summed E-state index contributed by atoms with van der Waals surface area (Å²) in [7, 11) is 0. The molecule has 5 heteroatoms. The number of para-hydroxylation sites is 2. The number of hydrogen-bond acceptors (Lipinski definition) is 4. The fraction of sp³-hybridized carbons (Fsp3) is 0. The van der Waals surface area contributed by atoms with E-state index in [1.54, 1.807) is 0 Å². The SMILES string of the molecule is c1ccc(-c2nc(-c3ccc(-c4ccc5c(c4)oc4ccccc45)cc3)nc(-n3c4ccccc4c4ccc5ccccc5c43)n2)cc1. The highest BCUT2D eigenvalue weighted by Gasteiger charge is 2.19. The lowest BCUT2D eigenvalue weighted by Crippen LogP contribution is -2.06. The third-order valence-corrected chi connectivity index (χ3v) is 9.27. The fourth-order valence-corrected chi connectivity index (χ4v) is 6.97. The van der Waals surface area contributed by atoms with Gasteiger partial charge in [0.05, 0.1) is 11.0 Å². The molecule has 0 radical (unpaired) electrons. The van der Waals surface area contributed by atoms with E-state index in [-0.39, 0.29) is 0 Å². The summed E-state index contributed by atoms with van der Waals surface area (Å²) in [5.41, 5.74) is 7.94. The maximum Gasteiger partial charge on any atom is 0.238 e. The van der Waals surface area contributed by atoms with Gasteiger partial charge in [-0.05, 0) is 40.8 Å². The Labute approximate surface area is 275 Å². The summed E-state index contributed by atoms with van der Waals surface area (Å²) in [4.78, 5) is 15.3. The summed E-state index contributed by atoms with van der Waals surface area (Å²) < 4.78 is 8.37. The van der Waals surface area contributed by atoms with Crippen molar-refractivity contribution >= 4 is 54.5 Å². The molecule has 0 fully saturated rings. The van der Waals surface area contributed by atoms with E-state index in [0.717, 1.165) is 66.0 Å². The van der Waals surface area contributed by atoms with E-state index < -0.39 is 0 Å². The van der Waals surface area contributed by atoms with Crippen molar-refractivity contribution in [1.29, 1.82) is 0 Å². The van der Waals surface area contributed by atoms with Crippen molar-refractivity contribution in [3.05, 3.63) is 158 Å². The Balaban J connectivity index is 1.15. The molecule has 7 aromatic carbocycles. The summed E-state index contributed by atoms with van der Waals surface area (Å²) in [6.45, 7) is 0. The average molecular weight is 615 g/mol. The van der Waals surface area contributed by atoms with E-state index in [4.69, 9.17) is 19.4 Å². The topological polar surface area (TPSA) is 56.7 Å². The summed E-state index contributed by atoms with van der Waals surface area (Å²) >= 11 is 0. The molecule has 0 unspecified atom stereocenters. The number of aromatic nitrogens is 4. The molecular weight excluding hydrogens is 589 g/mol. The van der Waals surface area contributed by atoms with Crippen LogP contribution >= 0.6 is 0 Å². The van der Waals surface area contributed by atoms with Crippen molar-refractivity contribution in [2.75, 3.05) is 0 Å². The molecule has 0 amide bonds. The van der Waals surface area contributed by atoms with E-state index in [0.29, 0.717) is 17.6 Å². The van der Waals surface area contributed by atoms with Gasteiger partial charge in [0, 0.05) is 38.1 Å². The zero-order valence-electron chi connectivity index (χ0n) is 25.7. The monoisotopic (exact) mass is 614 g/mol. The van der Waals surface area contributed by atoms with Crippen molar-refractivity contribution in [3.63, 3.8) is 0 Å². The van der Waals surface area contributed by atoms with Crippen molar-refractivity contribution in [3.8, 4) is 39.9 Å². The fourth-order valence-electron chi connectivity index (χ4n) is 6.97. The van der Waals surface area contributed by atoms with Gasteiger partial charge in [-0.25, -0.2) is 4.98 Å². The van der Waals surface area contributed by atoms with Gasteiger partial charge in [0.15, 0.2) is 11.6 Å². The molecule has 10 rings (SSSR count). The second-order valence-corrected chi connectivity index (χ2v) is 12.1. The first-order valence-electron chi connectivity index (χ1n) is 16.0. The molecule has 3 aromatic heterocycles. The Bertz CT molecular complexity index is 2830. The Morgan fingerprint density at radius 3 is 1.83 bits per heavy atom. The van der Waals surface area contributed by atoms with Crippen LogP contribution in [0, 0.1) is 0 Å². The molecule has 0 spiro atoms. The normalized spacial score (nSPS) is 11.8. The van der Waals surface area contributed by atoms with Gasteiger partial charge >= 0.3 is 0 Å². The minimum atomic E-state index is 0.584. The molecule has 0 aliphatic carbocycles. The van der Waals surface area contributed by atoms with Crippen LogP contribution in [0.15, 0.2) is 162 Å². The molecule has 0 saturated heterocycles. The van der Waals surface area contributed by atoms with Crippen LogP contribution in [0.4, 0.5) is 0 Å². The van der Waals surface area contributed by atoms with E-state index in [2.05, 4.69) is 114 Å². The molecule has 0 atom stereocenters. The second kappa shape index (κ2) is 10.5. The lowest BCUT2D eigenvalue weighted by molar-refractivity contribution is 0.669. The Morgan fingerprint density at radius 1 is 0.396 bits per heavy atom. The first kappa shape index (κ1) is 26.6. The molecule has 0 aliphatic rings. The van der Waals surface area contributed by atoms with Crippen LogP contribution in [-0.4, -0.2) is 19.5 Å². The molecule has 0 saturated carbocycles. The van der Waals surface area contributed by atoms with Gasteiger partial charge in [-0.1, -0.05) is 133 Å². The first-order valence-corrected chi connectivity index (χ1v) is 16.0. The highest BCUT2D eigenvalue weighted by molar-refractivity contribution is 6.18. The highest BCUT2D eigenvalue weighted by Crippen LogP contribution is 2.37. The smallest absolute Gasteiger partial charge is 0.238 e. The number of nitrogens with zero attached hydrogens (tertiary/aromatic N) is 4. The van der Waals surface area contributed by atoms with Crippen LogP contribution < -0.4 is 0 Å². The first-order chi connectivity index (χ1) is 23.8. The Morgan fingerprint density at radius 2 is 1.00 bits per heavy atom. The average Bonchev–Trinajstić information content (AvgIpc) is 3.71. The second-order valence-electron chi connectivity index (χ2n) is 12.1. The Hall–Kier alpha value is -6.59. The van der Waals surface area contributed by atoms with E-state index in [9.17, 15) is 0 Å². The van der Waals surface area contributed by atoms with E-state index in [1.165, 1.54) is 10.8 Å². The van der Waals surface area contributed by atoms with Crippen LogP contribution in [-0.2, 0) is 0 Å². The molecule has 224 valence electrons. The Kier molecular flexibility index (Phi) is 5.81. The van der Waals surface area contributed by atoms with Crippen molar-refractivity contribution in [1.82, 2.24) is 19.5 Å². The van der Waals surface area contributed by atoms with Crippen molar-refractivity contribution < 1.29 is 4.42 Å². The molecule has 10 aromatic rings. The van der Waals surface area contributed by atoms with Gasteiger partial charge in [-0.15, -0.1) is 0 Å². The number of hydrogen-bond donors (Lipinski definition) is 0. The van der Waals surface area contributed by atoms with E-state index in [1.807, 2.05) is 48.5 Å². The summed E-state index contributed by atoms with van der Waals surface area (Å²) in [6, 6.07) is 54.5. The van der Waals surface area contributed by atoms with E-state index >= 15 is 0 Å². The van der Waals surface area contributed by atoms with Gasteiger partial charge in [0.2, 0.25) is 5.95 Å². The third-order valence-electron chi connectivity index (χ3n) is 9.27. The summed E-state index contributed by atoms with van der Waals surface area (Å²) in [5, 5.41) is 6.90. The largest absolute Gasteiger partial charge is 0.456 e. The minimum Gasteiger partial charge on any atom is -0.456 e. The molecular formula is C43H26N4O. The zero-order chi connectivity index (χ0) is 31.6. The number of fused-ring (bicyclic) bond motifs is 8. The molecule has 5 nitrogen and oxygen atoms in total. The number of benzene rings is 7. The molecule has 0 N–H and O–H groups in total. The van der Waals surface area contributed by atoms with Crippen molar-refractivity contribution in [2.45, 2.75) is 0 Å². The number of rotatable bonds is 4. The maximum atomic E-state index is 6.17. The van der Waals surface area contributed by atoms with Crippen LogP contribution in [0.25, 0.3) is 94.4 Å². The van der Waals surface area contributed by atoms with Gasteiger partial charge in [-0.2, -0.15) is 9.97 Å².